The molecule has 6 heteroatoms. The predicted molar refractivity (Wildman–Crippen MR) is 133 cm³/mol. The van der Waals surface area contributed by atoms with E-state index in [4.69, 9.17) is 0 Å². The lowest BCUT2D eigenvalue weighted by Gasteiger charge is -2.32. The van der Waals surface area contributed by atoms with Gasteiger partial charge in [-0.05, 0) is 60.6 Å². The maximum absolute atomic E-state index is 13.0. The molecule has 1 fully saturated rings. The van der Waals surface area contributed by atoms with Crippen molar-refractivity contribution >= 4 is 21.6 Å². The van der Waals surface area contributed by atoms with Gasteiger partial charge in [0.05, 0.1) is 18.5 Å². The first kappa shape index (κ1) is 23.1. The number of hydrogen-bond acceptors (Lipinski definition) is 3. The van der Waals surface area contributed by atoms with Gasteiger partial charge in [0.1, 0.15) is 0 Å². The van der Waals surface area contributed by atoms with Crippen LogP contribution in [0.15, 0.2) is 84.9 Å². The summed E-state index contributed by atoms with van der Waals surface area (Å²) in [7, 11) is -3.43. The third-order valence-electron chi connectivity index (χ3n) is 6.24. The Morgan fingerprint density at radius 2 is 1.42 bits per heavy atom. The van der Waals surface area contributed by atoms with Gasteiger partial charge in [-0.2, -0.15) is 0 Å². The largest absolute Gasteiger partial charge is 0.339 e. The summed E-state index contributed by atoms with van der Waals surface area (Å²) >= 11 is 0. The second-order valence-corrected chi connectivity index (χ2v) is 10.6. The van der Waals surface area contributed by atoms with Crippen LogP contribution in [0.2, 0.25) is 0 Å². The van der Waals surface area contributed by atoms with Crippen LogP contribution in [0.5, 0.6) is 0 Å². The standard InChI is InChI=1S/C27H30N2O3S/c1-33(31,32)29(26-10-6-3-7-11-26)21-24-12-14-25(15-13-24)27(30)28-18-16-23(17-19-28)20-22-8-4-2-5-9-22/h2-15,23H,16-21H2,1H3. The van der Waals surface area contributed by atoms with Crippen molar-refractivity contribution in [3.05, 3.63) is 102 Å². The van der Waals surface area contributed by atoms with Crippen molar-refractivity contribution < 1.29 is 13.2 Å². The van der Waals surface area contributed by atoms with Crippen LogP contribution in [-0.2, 0) is 23.0 Å². The first-order valence-corrected chi connectivity index (χ1v) is 13.2. The smallest absolute Gasteiger partial charge is 0.253 e. The summed E-state index contributed by atoms with van der Waals surface area (Å²) in [6, 6.07) is 26.9. The molecule has 5 nitrogen and oxygen atoms in total. The minimum atomic E-state index is -3.43. The lowest BCUT2D eigenvalue weighted by atomic mass is 9.90. The number of benzene rings is 3. The molecule has 172 valence electrons. The highest BCUT2D eigenvalue weighted by molar-refractivity contribution is 7.92. The molecule has 0 N–H and O–H groups in total. The summed E-state index contributed by atoms with van der Waals surface area (Å²) in [6.45, 7) is 1.77. The van der Waals surface area contributed by atoms with E-state index in [1.165, 1.54) is 16.1 Å². The van der Waals surface area contributed by atoms with Crippen molar-refractivity contribution in [2.75, 3.05) is 23.7 Å². The summed E-state index contributed by atoms with van der Waals surface area (Å²) in [5.41, 5.74) is 3.46. The molecule has 1 amide bonds. The Balaban J connectivity index is 1.36. The minimum absolute atomic E-state index is 0.0442. The van der Waals surface area contributed by atoms with E-state index in [1.54, 1.807) is 24.3 Å². The van der Waals surface area contributed by atoms with Crippen molar-refractivity contribution in [1.82, 2.24) is 4.90 Å². The van der Waals surface area contributed by atoms with Gasteiger partial charge in [-0.3, -0.25) is 9.10 Å². The number of anilines is 1. The van der Waals surface area contributed by atoms with Gasteiger partial charge in [-0.15, -0.1) is 0 Å². The van der Waals surface area contributed by atoms with E-state index in [2.05, 4.69) is 24.3 Å². The van der Waals surface area contributed by atoms with E-state index in [9.17, 15) is 13.2 Å². The van der Waals surface area contributed by atoms with Crippen molar-refractivity contribution in [3.8, 4) is 0 Å². The number of amides is 1. The Bertz CT molecular complexity index is 1160. The molecular formula is C27H30N2O3S. The highest BCUT2D eigenvalue weighted by Gasteiger charge is 2.24. The Labute approximate surface area is 196 Å². The SMILES string of the molecule is CS(=O)(=O)N(Cc1ccc(C(=O)N2CCC(Cc3ccccc3)CC2)cc1)c1ccccc1. The molecule has 0 radical (unpaired) electrons. The van der Waals surface area contributed by atoms with Gasteiger partial charge in [0, 0.05) is 18.7 Å². The molecule has 0 unspecified atom stereocenters. The van der Waals surface area contributed by atoms with E-state index in [-0.39, 0.29) is 12.5 Å². The van der Waals surface area contributed by atoms with Gasteiger partial charge in [0.25, 0.3) is 5.91 Å². The van der Waals surface area contributed by atoms with Crippen molar-refractivity contribution in [3.63, 3.8) is 0 Å². The van der Waals surface area contributed by atoms with Gasteiger partial charge >= 0.3 is 0 Å². The van der Waals surface area contributed by atoms with Crippen molar-refractivity contribution in [1.29, 1.82) is 0 Å². The summed E-state index contributed by atoms with van der Waals surface area (Å²) < 4.78 is 26.0. The zero-order valence-electron chi connectivity index (χ0n) is 18.9. The van der Waals surface area contributed by atoms with Gasteiger partial charge in [0.2, 0.25) is 10.0 Å². The Kier molecular flexibility index (Phi) is 7.14. The first-order valence-electron chi connectivity index (χ1n) is 11.3. The summed E-state index contributed by atoms with van der Waals surface area (Å²) in [5, 5.41) is 0. The molecule has 33 heavy (non-hydrogen) atoms. The maximum Gasteiger partial charge on any atom is 0.253 e. The second-order valence-electron chi connectivity index (χ2n) is 8.73. The van der Waals surface area contributed by atoms with E-state index in [0.717, 1.165) is 37.9 Å². The molecule has 0 atom stereocenters. The van der Waals surface area contributed by atoms with Crippen molar-refractivity contribution in [2.24, 2.45) is 5.92 Å². The maximum atomic E-state index is 13.0. The summed E-state index contributed by atoms with van der Waals surface area (Å²) in [5.74, 6) is 0.654. The zero-order chi connectivity index (χ0) is 23.3. The number of nitrogens with zero attached hydrogens (tertiary/aromatic N) is 2. The topological polar surface area (TPSA) is 57.7 Å². The Hall–Kier alpha value is -3.12. The fraction of sp³-hybridized carbons (Fsp3) is 0.296. The van der Waals surface area contributed by atoms with E-state index in [1.807, 2.05) is 41.3 Å². The number of piperidine rings is 1. The zero-order valence-corrected chi connectivity index (χ0v) is 19.7. The fourth-order valence-corrected chi connectivity index (χ4v) is 5.27. The van der Waals surface area contributed by atoms with Gasteiger partial charge < -0.3 is 4.90 Å². The molecule has 4 rings (SSSR count). The quantitative estimate of drug-likeness (QED) is 0.509. The monoisotopic (exact) mass is 462 g/mol. The predicted octanol–water partition coefficient (Wildman–Crippen LogP) is 4.75. The molecule has 1 heterocycles. The Morgan fingerprint density at radius 3 is 2.00 bits per heavy atom. The highest BCUT2D eigenvalue weighted by Crippen LogP contribution is 2.24. The number of carbonyl (C=O) groups excluding carboxylic acids is 1. The van der Waals surface area contributed by atoms with Crippen molar-refractivity contribution in [2.45, 2.75) is 25.8 Å². The molecule has 3 aromatic carbocycles. The second kappa shape index (κ2) is 10.2. The van der Waals surface area contributed by atoms with E-state index in [0.29, 0.717) is 17.2 Å². The summed E-state index contributed by atoms with van der Waals surface area (Å²) in [4.78, 5) is 14.9. The molecule has 1 aliphatic heterocycles. The molecule has 0 bridgehead atoms. The molecule has 0 aromatic heterocycles. The fourth-order valence-electron chi connectivity index (χ4n) is 4.38. The van der Waals surface area contributed by atoms with Crippen LogP contribution in [0, 0.1) is 5.92 Å². The van der Waals surface area contributed by atoms with Crippen LogP contribution in [0.1, 0.15) is 34.3 Å². The molecular weight excluding hydrogens is 432 g/mol. The first-order chi connectivity index (χ1) is 15.9. The molecule has 3 aromatic rings. The summed E-state index contributed by atoms with van der Waals surface area (Å²) in [6.07, 6.45) is 4.30. The lowest BCUT2D eigenvalue weighted by molar-refractivity contribution is 0.0690. The number of sulfonamides is 1. The van der Waals surface area contributed by atoms with Gasteiger partial charge in [0.15, 0.2) is 0 Å². The van der Waals surface area contributed by atoms with Crippen LogP contribution in [-0.4, -0.2) is 38.6 Å². The van der Waals surface area contributed by atoms with Crippen LogP contribution in [0.4, 0.5) is 5.69 Å². The molecule has 0 saturated carbocycles. The average Bonchev–Trinajstić information content (AvgIpc) is 2.83. The molecule has 0 spiro atoms. The number of likely N-dealkylation sites (tertiary alicyclic amines) is 1. The number of para-hydroxylation sites is 1. The molecule has 1 saturated heterocycles. The highest BCUT2D eigenvalue weighted by atomic mass is 32.2. The average molecular weight is 463 g/mol. The third kappa shape index (κ3) is 6.02. The lowest BCUT2D eigenvalue weighted by Crippen LogP contribution is -2.38. The minimum Gasteiger partial charge on any atom is -0.339 e. The number of rotatable bonds is 7. The van der Waals surface area contributed by atoms with E-state index >= 15 is 0 Å². The van der Waals surface area contributed by atoms with Crippen LogP contribution in [0.25, 0.3) is 0 Å². The number of carbonyl (C=O) groups is 1. The van der Waals surface area contributed by atoms with Gasteiger partial charge in [-0.1, -0.05) is 60.7 Å². The van der Waals surface area contributed by atoms with E-state index < -0.39 is 10.0 Å². The van der Waals surface area contributed by atoms with Crippen LogP contribution >= 0.6 is 0 Å². The van der Waals surface area contributed by atoms with Crippen LogP contribution in [0.3, 0.4) is 0 Å². The normalized spacial score (nSPS) is 14.8. The number of hydrogen-bond donors (Lipinski definition) is 0. The van der Waals surface area contributed by atoms with Crippen LogP contribution < -0.4 is 4.31 Å². The Morgan fingerprint density at radius 1 is 0.848 bits per heavy atom. The van der Waals surface area contributed by atoms with Gasteiger partial charge in [-0.25, -0.2) is 8.42 Å². The third-order valence-corrected chi connectivity index (χ3v) is 7.38. The molecule has 0 aliphatic carbocycles. The molecule has 1 aliphatic rings.